The number of ether oxygens (including phenoxy) is 1. The van der Waals surface area contributed by atoms with Gasteiger partial charge in [-0.2, -0.15) is 0 Å². The molecule has 0 aliphatic heterocycles. The van der Waals surface area contributed by atoms with Gasteiger partial charge in [-0.1, -0.05) is 0 Å². The summed E-state index contributed by atoms with van der Waals surface area (Å²) in [4.78, 5) is 11.4. The van der Waals surface area contributed by atoms with E-state index in [1.807, 2.05) is 20.8 Å². The van der Waals surface area contributed by atoms with Crippen LogP contribution in [-0.4, -0.2) is 24.3 Å². The number of carbonyl (C=O) groups is 1. The molecule has 2 atom stereocenters. The van der Waals surface area contributed by atoms with Gasteiger partial charge in [-0.3, -0.25) is 0 Å². The second kappa shape index (κ2) is 4.84. The maximum atomic E-state index is 11.4. The average molecular weight is 214 g/mol. The van der Waals surface area contributed by atoms with Gasteiger partial charge in [0.15, 0.2) is 0 Å². The van der Waals surface area contributed by atoms with Crippen LogP contribution in [0.3, 0.4) is 0 Å². The first-order valence-electron chi connectivity index (χ1n) is 5.60. The van der Waals surface area contributed by atoms with Crippen LogP contribution < -0.4 is 11.1 Å². The smallest absolute Gasteiger partial charge is 0.407 e. The number of hydrogen-bond donors (Lipinski definition) is 2. The van der Waals surface area contributed by atoms with Gasteiger partial charge in [0, 0.05) is 6.04 Å². The summed E-state index contributed by atoms with van der Waals surface area (Å²) in [6.07, 6.45) is 2.79. The summed E-state index contributed by atoms with van der Waals surface area (Å²) >= 11 is 0. The topological polar surface area (TPSA) is 64.3 Å². The standard InChI is InChI=1S/C11H22N2O2/c1-11(2,3)15-10(14)13-9-5-4-8(6-9)7-12/h8-9H,4-7,12H2,1-3H3,(H,13,14)/t8?,9-/m1/s1. The fourth-order valence-corrected chi connectivity index (χ4v) is 1.89. The Hall–Kier alpha value is -0.770. The normalized spacial score (nSPS) is 26.4. The molecule has 15 heavy (non-hydrogen) atoms. The van der Waals surface area contributed by atoms with E-state index in [1.165, 1.54) is 0 Å². The highest BCUT2D eigenvalue weighted by Gasteiger charge is 2.26. The summed E-state index contributed by atoms with van der Waals surface area (Å²) in [7, 11) is 0. The van der Waals surface area contributed by atoms with Crippen molar-refractivity contribution in [3.63, 3.8) is 0 Å². The monoisotopic (exact) mass is 214 g/mol. The Labute approximate surface area is 91.5 Å². The van der Waals surface area contributed by atoms with Crippen LogP contribution in [0.1, 0.15) is 40.0 Å². The molecule has 1 aliphatic rings. The van der Waals surface area contributed by atoms with Crippen molar-refractivity contribution in [2.24, 2.45) is 11.7 Å². The lowest BCUT2D eigenvalue weighted by Crippen LogP contribution is -2.38. The molecule has 1 aliphatic carbocycles. The summed E-state index contributed by atoms with van der Waals surface area (Å²) in [5.74, 6) is 0.560. The fourth-order valence-electron chi connectivity index (χ4n) is 1.89. The molecule has 0 aromatic heterocycles. The molecule has 1 unspecified atom stereocenters. The summed E-state index contributed by atoms with van der Waals surface area (Å²) < 4.78 is 5.19. The van der Waals surface area contributed by atoms with Gasteiger partial charge in [-0.05, 0) is 52.5 Å². The van der Waals surface area contributed by atoms with Crippen molar-refractivity contribution >= 4 is 6.09 Å². The molecule has 88 valence electrons. The first kappa shape index (κ1) is 12.3. The molecule has 4 heteroatoms. The Morgan fingerprint density at radius 3 is 2.60 bits per heavy atom. The van der Waals surface area contributed by atoms with Crippen molar-refractivity contribution < 1.29 is 9.53 Å². The van der Waals surface area contributed by atoms with E-state index in [0.717, 1.165) is 19.3 Å². The molecule has 1 fully saturated rings. The molecule has 0 saturated heterocycles. The first-order chi connectivity index (χ1) is 6.90. The zero-order chi connectivity index (χ0) is 11.5. The summed E-state index contributed by atoms with van der Waals surface area (Å²) in [6.45, 7) is 6.31. The molecular formula is C11H22N2O2. The van der Waals surface area contributed by atoms with Crippen molar-refractivity contribution in [1.29, 1.82) is 0 Å². The Morgan fingerprint density at radius 1 is 1.47 bits per heavy atom. The average Bonchev–Trinajstić information content (AvgIpc) is 2.48. The maximum absolute atomic E-state index is 11.4. The highest BCUT2D eigenvalue weighted by Crippen LogP contribution is 2.24. The molecule has 0 aromatic carbocycles. The van der Waals surface area contributed by atoms with Crippen LogP contribution in [0.5, 0.6) is 0 Å². The number of amides is 1. The van der Waals surface area contributed by atoms with Gasteiger partial charge in [0.2, 0.25) is 0 Å². The van der Waals surface area contributed by atoms with E-state index in [0.29, 0.717) is 12.5 Å². The summed E-state index contributed by atoms with van der Waals surface area (Å²) in [5.41, 5.74) is 5.16. The van der Waals surface area contributed by atoms with E-state index in [2.05, 4.69) is 5.32 Å². The second-order valence-electron chi connectivity index (χ2n) is 5.26. The van der Waals surface area contributed by atoms with E-state index in [-0.39, 0.29) is 12.1 Å². The molecule has 0 aromatic rings. The van der Waals surface area contributed by atoms with Crippen LogP contribution in [0.4, 0.5) is 4.79 Å². The van der Waals surface area contributed by atoms with Crippen molar-refractivity contribution in [2.75, 3.05) is 6.54 Å². The molecule has 1 saturated carbocycles. The van der Waals surface area contributed by atoms with Crippen molar-refractivity contribution in [3.05, 3.63) is 0 Å². The lowest BCUT2D eigenvalue weighted by atomic mass is 10.1. The Kier molecular flexibility index (Phi) is 3.97. The molecular weight excluding hydrogens is 192 g/mol. The third-order valence-electron chi connectivity index (χ3n) is 2.60. The van der Waals surface area contributed by atoms with Crippen LogP contribution >= 0.6 is 0 Å². The predicted molar refractivity (Wildman–Crippen MR) is 59.6 cm³/mol. The van der Waals surface area contributed by atoms with E-state index in [1.54, 1.807) is 0 Å². The Bertz CT molecular complexity index is 223. The molecule has 4 nitrogen and oxygen atoms in total. The molecule has 0 bridgehead atoms. The maximum Gasteiger partial charge on any atom is 0.407 e. The lowest BCUT2D eigenvalue weighted by Gasteiger charge is -2.21. The lowest BCUT2D eigenvalue weighted by molar-refractivity contribution is 0.0504. The minimum Gasteiger partial charge on any atom is -0.444 e. The van der Waals surface area contributed by atoms with Gasteiger partial charge in [-0.15, -0.1) is 0 Å². The quantitative estimate of drug-likeness (QED) is 0.734. The zero-order valence-corrected chi connectivity index (χ0v) is 9.88. The molecule has 0 radical (unpaired) electrons. The molecule has 1 amide bonds. The van der Waals surface area contributed by atoms with E-state index in [9.17, 15) is 4.79 Å². The number of rotatable bonds is 2. The number of nitrogens with two attached hydrogens (primary N) is 1. The van der Waals surface area contributed by atoms with Crippen molar-refractivity contribution in [2.45, 2.75) is 51.7 Å². The van der Waals surface area contributed by atoms with E-state index >= 15 is 0 Å². The van der Waals surface area contributed by atoms with Gasteiger partial charge in [0.05, 0.1) is 0 Å². The van der Waals surface area contributed by atoms with Crippen LogP contribution in [0.25, 0.3) is 0 Å². The van der Waals surface area contributed by atoms with Gasteiger partial charge >= 0.3 is 6.09 Å². The molecule has 0 heterocycles. The molecule has 3 N–H and O–H groups in total. The third kappa shape index (κ3) is 4.51. The third-order valence-corrected chi connectivity index (χ3v) is 2.60. The van der Waals surface area contributed by atoms with Crippen LogP contribution in [0, 0.1) is 5.92 Å². The number of nitrogens with one attached hydrogen (secondary N) is 1. The number of alkyl carbamates (subject to hydrolysis) is 1. The summed E-state index contributed by atoms with van der Waals surface area (Å²) in [6, 6.07) is 0.244. The second-order valence-corrected chi connectivity index (χ2v) is 5.26. The Morgan fingerprint density at radius 2 is 2.13 bits per heavy atom. The molecule has 0 spiro atoms. The van der Waals surface area contributed by atoms with Crippen molar-refractivity contribution in [3.8, 4) is 0 Å². The fraction of sp³-hybridized carbons (Fsp3) is 0.909. The van der Waals surface area contributed by atoms with Crippen LogP contribution in [0.15, 0.2) is 0 Å². The van der Waals surface area contributed by atoms with E-state index in [4.69, 9.17) is 10.5 Å². The van der Waals surface area contributed by atoms with Crippen molar-refractivity contribution in [1.82, 2.24) is 5.32 Å². The number of hydrogen-bond acceptors (Lipinski definition) is 3. The van der Waals surface area contributed by atoms with Gasteiger partial charge in [-0.25, -0.2) is 4.79 Å². The van der Waals surface area contributed by atoms with Crippen LogP contribution in [-0.2, 0) is 4.74 Å². The van der Waals surface area contributed by atoms with Gasteiger partial charge < -0.3 is 15.8 Å². The highest BCUT2D eigenvalue weighted by molar-refractivity contribution is 5.68. The number of carbonyl (C=O) groups excluding carboxylic acids is 1. The van der Waals surface area contributed by atoms with Crippen LogP contribution in [0.2, 0.25) is 0 Å². The summed E-state index contributed by atoms with van der Waals surface area (Å²) in [5, 5.41) is 2.88. The Balaban J connectivity index is 2.28. The first-order valence-corrected chi connectivity index (χ1v) is 5.60. The predicted octanol–water partition coefficient (Wildman–Crippen LogP) is 1.64. The molecule has 1 rings (SSSR count). The van der Waals surface area contributed by atoms with Gasteiger partial charge in [0.25, 0.3) is 0 Å². The van der Waals surface area contributed by atoms with E-state index < -0.39 is 5.60 Å². The minimum atomic E-state index is -0.421. The largest absolute Gasteiger partial charge is 0.444 e. The van der Waals surface area contributed by atoms with Gasteiger partial charge in [0.1, 0.15) is 5.60 Å². The minimum absolute atomic E-state index is 0.244. The highest BCUT2D eigenvalue weighted by atomic mass is 16.6. The SMILES string of the molecule is CC(C)(C)OC(=O)N[C@@H]1CCC(CN)C1. The zero-order valence-electron chi connectivity index (χ0n) is 9.88.